The van der Waals surface area contributed by atoms with Crippen LogP contribution in [0.4, 0.5) is 4.39 Å². The topological polar surface area (TPSA) is 20.3 Å². The second-order valence-electron chi connectivity index (χ2n) is 4.15. The Morgan fingerprint density at radius 1 is 1.53 bits per heavy atom. The van der Waals surface area contributed by atoms with Crippen molar-refractivity contribution in [2.45, 2.75) is 32.7 Å². The van der Waals surface area contributed by atoms with Gasteiger partial charge >= 0.3 is 0 Å². The molecule has 4 heteroatoms. The SMILES string of the molecule is CCCC(C)N(C)C(=O)c1c(F)cccc1Br. The average molecular weight is 302 g/mol. The summed E-state index contributed by atoms with van der Waals surface area (Å²) in [5.74, 6) is -0.768. The van der Waals surface area contributed by atoms with Crippen molar-refractivity contribution < 1.29 is 9.18 Å². The molecule has 0 radical (unpaired) electrons. The van der Waals surface area contributed by atoms with Crippen molar-refractivity contribution >= 4 is 21.8 Å². The molecule has 2 nitrogen and oxygen atoms in total. The summed E-state index contributed by atoms with van der Waals surface area (Å²) in [6, 6.07) is 4.66. The molecule has 94 valence electrons. The van der Waals surface area contributed by atoms with Gasteiger partial charge in [-0.2, -0.15) is 0 Å². The first kappa shape index (κ1) is 14.2. The molecule has 1 aromatic rings. The zero-order chi connectivity index (χ0) is 13.0. The Morgan fingerprint density at radius 2 is 2.18 bits per heavy atom. The standard InChI is InChI=1S/C13H17BrFNO/c1-4-6-9(2)16(3)13(17)12-10(14)7-5-8-11(12)15/h5,7-9H,4,6H2,1-3H3. The maximum absolute atomic E-state index is 13.6. The third-order valence-electron chi connectivity index (χ3n) is 2.86. The highest BCUT2D eigenvalue weighted by Crippen LogP contribution is 2.22. The van der Waals surface area contributed by atoms with E-state index in [1.165, 1.54) is 6.07 Å². The number of hydrogen-bond acceptors (Lipinski definition) is 1. The molecule has 0 saturated carbocycles. The van der Waals surface area contributed by atoms with Crippen LogP contribution >= 0.6 is 15.9 Å². The third kappa shape index (κ3) is 3.28. The molecule has 1 atom stereocenters. The van der Waals surface area contributed by atoms with E-state index >= 15 is 0 Å². The van der Waals surface area contributed by atoms with E-state index in [0.29, 0.717) is 4.47 Å². The number of benzene rings is 1. The molecule has 1 rings (SSSR count). The fraction of sp³-hybridized carbons (Fsp3) is 0.462. The van der Waals surface area contributed by atoms with Gasteiger partial charge in [0.15, 0.2) is 0 Å². The molecule has 0 bridgehead atoms. The van der Waals surface area contributed by atoms with Crippen LogP contribution in [0.15, 0.2) is 22.7 Å². The summed E-state index contributed by atoms with van der Waals surface area (Å²) in [6.45, 7) is 4.03. The second-order valence-corrected chi connectivity index (χ2v) is 5.00. The normalized spacial score (nSPS) is 12.3. The molecule has 0 aliphatic rings. The van der Waals surface area contributed by atoms with Gasteiger partial charge in [-0.3, -0.25) is 4.79 Å². The lowest BCUT2D eigenvalue weighted by molar-refractivity contribution is 0.0731. The summed E-state index contributed by atoms with van der Waals surface area (Å²) >= 11 is 3.22. The van der Waals surface area contributed by atoms with Gasteiger partial charge in [0, 0.05) is 17.6 Å². The molecule has 0 aromatic heterocycles. The van der Waals surface area contributed by atoms with Gasteiger partial charge in [0.05, 0.1) is 5.56 Å². The minimum atomic E-state index is -0.486. The van der Waals surface area contributed by atoms with Crippen LogP contribution in [-0.2, 0) is 0 Å². The van der Waals surface area contributed by atoms with Gasteiger partial charge in [0.1, 0.15) is 5.82 Å². The number of nitrogens with zero attached hydrogens (tertiary/aromatic N) is 1. The fourth-order valence-corrected chi connectivity index (χ4v) is 2.20. The van der Waals surface area contributed by atoms with Gasteiger partial charge in [-0.15, -0.1) is 0 Å². The summed E-state index contributed by atoms with van der Waals surface area (Å²) in [5.41, 5.74) is 0.109. The number of carbonyl (C=O) groups excluding carboxylic acids is 1. The lowest BCUT2D eigenvalue weighted by Crippen LogP contribution is -2.35. The summed E-state index contributed by atoms with van der Waals surface area (Å²) in [6.07, 6.45) is 1.91. The van der Waals surface area contributed by atoms with Crippen LogP contribution in [0, 0.1) is 5.82 Å². The maximum atomic E-state index is 13.6. The Labute approximate surface area is 110 Å². The van der Waals surface area contributed by atoms with Gasteiger partial charge < -0.3 is 4.90 Å². The maximum Gasteiger partial charge on any atom is 0.257 e. The molecular weight excluding hydrogens is 285 g/mol. The molecule has 0 saturated heterocycles. The Hall–Kier alpha value is -0.900. The van der Waals surface area contributed by atoms with E-state index in [1.807, 2.05) is 6.92 Å². The van der Waals surface area contributed by atoms with E-state index in [1.54, 1.807) is 24.1 Å². The first-order valence-corrected chi connectivity index (χ1v) is 6.49. The summed E-state index contributed by atoms with van der Waals surface area (Å²) in [4.78, 5) is 13.7. The van der Waals surface area contributed by atoms with Crippen molar-refractivity contribution in [3.63, 3.8) is 0 Å². The van der Waals surface area contributed by atoms with E-state index in [-0.39, 0.29) is 17.5 Å². The van der Waals surface area contributed by atoms with Crippen molar-refractivity contribution in [2.24, 2.45) is 0 Å². The van der Waals surface area contributed by atoms with Crippen molar-refractivity contribution in [1.82, 2.24) is 4.90 Å². The Balaban J connectivity index is 2.96. The first-order valence-electron chi connectivity index (χ1n) is 5.70. The van der Waals surface area contributed by atoms with Crippen molar-refractivity contribution in [2.75, 3.05) is 7.05 Å². The molecule has 1 aromatic carbocycles. The number of rotatable bonds is 4. The minimum Gasteiger partial charge on any atom is -0.339 e. The summed E-state index contributed by atoms with van der Waals surface area (Å²) < 4.78 is 14.1. The van der Waals surface area contributed by atoms with Crippen LogP contribution in [-0.4, -0.2) is 23.9 Å². The largest absolute Gasteiger partial charge is 0.339 e. The average Bonchev–Trinajstić information content (AvgIpc) is 2.27. The molecule has 1 unspecified atom stereocenters. The molecule has 1 amide bonds. The smallest absolute Gasteiger partial charge is 0.257 e. The summed E-state index contributed by atoms with van der Waals surface area (Å²) in [5, 5.41) is 0. The molecule has 0 aliphatic carbocycles. The predicted octanol–water partition coefficient (Wildman–Crippen LogP) is 3.85. The highest BCUT2D eigenvalue weighted by atomic mass is 79.9. The Kier molecular flexibility index (Phi) is 5.12. The van der Waals surface area contributed by atoms with Crippen LogP contribution in [0.1, 0.15) is 37.0 Å². The lowest BCUT2D eigenvalue weighted by atomic mass is 10.1. The third-order valence-corrected chi connectivity index (χ3v) is 3.53. The van der Waals surface area contributed by atoms with E-state index in [2.05, 4.69) is 22.9 Å². The Morgan fingerprint density at radius 3 is 2.71 bits per heavy atom. The van der Waals surface area contributed by atoms with Crippen LogP contribution in [0.2, 0.25) is 0 Å². The van der Waals surface area contributed by atoms with E-state index < -0.39 is 5.82 Å². The van der Waals surface area contributed by atoms with Gasteiger partial charge in [0.2, 0.25) is 0 Å². The van der Waals surface area contributed by atoms with Gasteiger partial charge in [-0.1, -0.05) is 19.4 Å². The Bertz CT molecular complexity index is 388. The molecule has 0 N–H and O–H groups in total. The second kappa shape index (κ2) is 6.15. The van der Waals surface area contributed by atoms with Crippen molar-refractivity contribution in [1.29, 1.82) is 0 Å². The zero-order valence-corrected chi connectivity index (χ0v) is 11.9. The monoisotopic (exact) mass is 301 g/mol. The van der Waals surface area contributed by atoms with Gasteiger partial charge in [-0.25, -0.2) is 4.39 Å². The fourth-order valence-electron chi connectivity index (χ4n) is 1.69. The summed E-state index contributed by atoms with van der Waals surface area (Å²) in [7, 11) is 1.71. The minimum absolute atomic E-state index is 0.109. The van der Waals surface area contributed by atoms with E-state index in [9.17, 15) is 9.18 Å². The quantitative estimate of drug-likeness (QED) is 0.827. The van der Waals surface area contributed by atoms with Crippen LogP contribution in [0.5, 0.6) is 0 Å². The first-order chi connectivity index (χ1) is 7.99. The van der Waals surface area contributed by atoms with Crippen molar-refractivity contribution in [3.8, 4) is 0 Å². The van der Waals surface area contributed by atoms with Crippen LogP contribution in [0.25, 0.3) is 0 Å². The molecule has 0 heterocycles. The zero-order valence-electron chi connectivity index (χ0n) is 10.3. The van der Waals surface area contributed by atoms with Gasteiger partial charge in [0.25, 0.3) is 5.91 Å². The molecule has 0 spiro atoms. The highest BCUT2D eigenvalue weighted by Gasteiger charge is 2.22. The molecule has 0 aliphatic heterocycles. The number of amides is 1. The predicted molar refractivity (Wildman–Crippen MR) is 70.6 cm³/mol. The van der Waals surface area contributed by atoms with Crippen molar-refractivity contribution in [3.05, 3.63) is 34.1 Å². The number of halogens is 2. The molecular formula is C13H17BrFNO. The van der Waals surface area contributed by atoms with E-state index in [4.69, 9.17) is 0 Å². The molecule has 17 heavy (non-hydrogen) atoms. The van der Waals surface area contributed by atoms with Crippen LogP contribution in [0.3, 0.4) is 0 Å². The molecule has 0 fully saturated rings. The lowest BCUT2D eigenvalue weighted by Gasteiger charge is -2.25. The van der Waals surface area contributed by atoms with Gasteiger partial charge in [-0.05, 0) is 41.4 Å². The number of hydrogen-bond donors (Lipinski definition) is 0. The van der Waals surface area contributed by atoms with Crippen LogP contribution < -0.4 is 0 Å². The number of carbonyl (C=O) groups is 1. The van der Waals surface area contributed by atoms with E-state index in [0.717, 1.165) is 12.8 Å². The highest BCUT2D eigenvalue weighted by molar-refractivity contribution is 9.10.